The van der Waals surface area contributed by atoms with E-state index in [1.807, 2.05) is 0 Å². The SMILES string of the molecule is COc1c(Br)c(Br)c(CO)c(Br)c1Br. The molecule has 0 bridgehead atoms. The fraction of sp³-hybridized carbons (Fsp3) is 0.250. The lowest BCUT2D eigenvalue weighted by Crippen LogP contribution is -1.95. The topological polar surface area (TPSA) is 29.5 Å². The molecular formula is C8H6Br4O2. The normalized spacial score (nSPS) is 10.4. The van der Waals surface area contributed by atoms with Crippen molar-refractivity contribution in [3.8, 4) is 5.75 Å². The molecule has 0 saturated carbocycles. The summed E-state index contributed by atoms with van der Waals surface area (Å²) in [6, 6.07) is 0. The van der Waals surface area contributed by atoms with Crippen LogP contribution < -0.4 is 4.74 Å². The van der Waals surface area contributed by atoms with Crippen LogP contribution in [0.1, 0.15) is 5.56 Å². The highest BCUT2D eigenvalue weighted by molar-refractivity contribution is 9.14. The predicted molar refractivity (Wildman–Crippen MR) is 69.7 cm³/mol. The number of hydrogen-bond donors (Lipinski definition) is 1. The Bertz CT molecular complexity index is 301. The number of methoxy groups -OCH3 is 1. The molecule has 0 fully saturated rings. The Kier molecular flexibility index (Phi) is 4.90. The van der Waals surface area contributed by atoms with Crippen molar-refractivity contribution in [1.29, 1.82) is 0 Å². The van der Waals surface area contributed by atoms with Crippen molar-refractivity contribution >= 4 is 63.7 Å². The van der Waals surface area contributed by atoms with Crippen molar-refractivity contribution in [3.63, 3.8) is 0 Å². The first kappa shape index (κ1) is 13.0. The Morgan fingerprint density at radius 2 is 1.43 bits per heavy atom. The molecule has 0 radical (unpaired) electrons. The van der Waals surface area contributed by atoms with E-state index in [4.69, 9.17) is 9.84 Å². The van der Waals surface area contributed by atoms with Crippen LogP contribution in [0.4, 0.5) is 0 Å². The monoisotopic (exact) mass is 450 g/mol. The maximum absolute atomic E-state index is 9.17. The van der Waals surface area contributed by atoms with Gasteiger partial charge in [0.15, 0.2) is 0 Å². The zero-order valence-electron chi connectivity index (χ0n) is 7.07. The largest absolute Gasteiger partial charge is 0.494 e. The molecule has 1 aromatic rings. The van der Waals surface area contributed by atoms with Gasteiger partial charge in [0, 0.05) is 14.5 Å². The zero-order valence-corrected chi connectivity index (χ0v) is 13.4. The van der Waals surface area contributed by atoms with Crippen molar-refractivity contribution in [2.45, 2.75) is 6.61 Å². The first-order valence-electron chi connectivity index (χ1n) is 3.54. The standard InChI is InChI=1S/C8H6Br4O2/c1-14-8-6(11)4(9)3(2-13)5(10)7(8)12/h13H,2H2,1H3. The quantitative estimate of drug-likeness (QED) is 0.679. The van der Waals surface area contributed by atoms with Crippen molar-refractivity contribution < 1.29 is 9.84 Å². The lowest BCUT2D eigenvalue weighted by atomic mass is 10.2. The number of aliphatic hydroxyl groups excluding tert-OH is 1. The molecule has 0 aliphatic carbocycles. The molecule has 2 nitrogen and oxygen atoms in total. The molecule has 14 heavy (non-hydrogen) atoms. The fourth-order valence-corrected chi connectivity index (χ4v) is 3.71. The van der Waals surface area contributed by atoms with E-state index in [0.717, 1.165) is 23.5 Å². The maximum atomic E-state index is 9.17. The van der Waals surface area contributed by atoms with Gasteiger partial charge in [0.2, 0.25) is 0 Å². The van der Waals surface area contributed by atoms with Gasteiger partial charge in [0.05, 0.1) is 22.7 Å². The van der Waals surface area contributed by atoms with Crippen LogP contribution in [0.2, 0.25) is 0 Å². The summed E-state index contributed by atoms with van der Waals surface area (Å²) in [4.78, 5) is 0. The molecule has 1 aromatic carbocycles. The minimum Gasteiger partial charge on any atom is -0.494 e. The molecule has 0 heterocycles. The third kappa shape index (κ3) is 2.19. The van der Waals surface area contributed by atoms with Gasteiger partial charge in [-0.15, -0.1) is 0 Å². The van der Waals surface area contributed by atoms with E-state index in [9.17, 15) is 0 Å². The van der Waals surface area contributed by atoms with Gasteiger partial charge in [-0.1, -0.05) is 0 Å². The molecule has 1 N–H and O–H groups in total. The van der Waals surface area contributed by atoms with E-state index < -0.39 is 0 Å². The maximum Gasteiger partial charge on any atom is 0.149 e. The summed E-state index contributed by atoms with van der Waals surface area (Å²) < 4.78 is 8.32. The van der Waals surface area contributed by atoms with Crippen LogP contribution in [0.3, 0.4) is 0 Å². The van der Waals surface area contributed by atoms with Crippen molar-refractivity contribution in [1.82, 2.24) is 0 Å². The van der Waals surface area contributed by atoms with Gasteiger partial charge in [0.1, 0.15) is 5.75 Å². The second kappa shape index (κ2) is 5.30. The minimum atomic E-state index is -0.0532. The van der Waals surface area contributed by atoms with Crippen LogP contribution in [0.5, 0.6) is 5.75 Å². The number of aliphatic hydroxyl groups is 1. The second-order valence-electron chi connectivity index (χ2n) is 2.43. The van der Waals surface area contributed by atoms with E-state index in [2.05, 4.69) is 63.7 Å². The predicted octanol–water partition coefficient (Wildman–Crippen LogP) is 4.24. The number of halogens is 4. The molecule has 0 aliphatic heterocycles. The molecule has 0 atom stereocenters. The Hall–Kier alpha value is 0.900. The summed E-state index contributed by atoms with van der Waals surface area (Å²) >= 11 is 13.5. The molecule has 0 saturated heterocycles. The highest BCUT2D eigenvalue weighted by Crippen LogP contribution is 2.46. The van der Waals surface area contributed by atoms with Gasteiger partial charge < -0.3 is 9.84 Å². The summed E-state index contributed by atoms with van der Waals surface area (Å²) in [5.41, 5.74) is 0.768. The molecule has 0 unspecified atom stereocenters. The third-order valence-corrected chi connectivity index (χ3v) is 6.00. The Balaban J connectivity index is 3.55. The number of ether oxygens (including phenoxy) is 1. The van der Waals surface area contributed by atoms with Crippen LogP contribution in [-0.4, -0.2) is 12.2 Å². The Morgan fingerprint density at radius 1 is 1.00 bits per heavy atom. The van der Waals surface area contributed by atoms with Crippen molar-refractivity contribution in [3.05, 3.63) is 23.5 Å². The molecule has 1 rings (SSSR count). The van der Waals surface area contributed by atoms with Crippen LogP contribution in [0.15, 0.2) is 17.9 Å². The number of hydrogen-bond acceptors (Lipinski definition) is 2. The van der Waals surface area contributed by atoms with Crippen LogP contribution >= 0.6 is 63.7 Å². The molecule has 78 valence electrons. The van der Waals surface area contributed by atoms with Gasteiger partial charge >= 0.3 is 0 Å². The van der Waals surface area contributed by atoms with Gasteiger partial charge in [0.25, 0.3) is 0 Å². The fourth-order valence-electron chi connectivity index (χ4n) is 0.975. The Labute approximate surface area is 116 Å². The van der Waals surface area contributed by atoms with E-state index in [0.29, 0.717) is 5.75 Å². The summed E-state index contributed by atoms with van der Waals surface area (Å²) in [6.45, 7) is -0.0532. The number of benzene rings is 1. The van der Waals surface area contributed by atoms with E-state index in [1.54, 1.807) is 7.11 Å². The van der Waals surface area contributed by atoms with Crippen molar-refractivity contribution in [2.24, 2.45) is 0 Å². The smallest absolute Gasteiger partial charge is 0.149 e. The lowest BCUT2D eigenvalue weighted by molar-refractivity contribution is 0.279. The van der Waals surface area contributed by atoms with Crippen LogP contribution in [0.25, 0.3) is 0 Å². The van der Waals surface area contributed by atoms with Gasteiger partial charge in [-0.05, 0) is 63.7 Å². The van der Waals surface area contributed by atoms with E-state index in [1.165, 1.54) is 0 Å². The highest BCUT2D eigenvalue weighted by atomic mass is 79.9. The molecule has 0 spiro atoms. The van der Waals surface area contributed by atoms with Gasteiger partial charge in [-0.2, -0.15) is 0 Å². The zero-order chi connectivity index (χ0) is 10.9. The number of rotatable bonds is 2. The molecular weight excluding hydrogens is 448 g/mol. The highest BCUT2D eigenvalue weighted by Gasteiger charge is 2.18. The third-order valence-electron chi connectivity index (χ3n) is 1.68. The first-order valence-corrected chi connectivity index (χ1v) is 6.71. The minimum absolute atomic E-state index is 0.0532. The molecule has 6 heteroatoms. The van der Waals surface area contributed by atoms with Gasteiger partial charge in [-0.3, -0.25) is 0 Å². The average molecular weight is 454 g/mol. The molecule has 0 aromatic heterocycles. The summed E-state index contributed by atoms with van der Waals surface area (Å²) in [5, 5.41) is 9.17. The van der Waals surface area contributed by atoms with Crippen LogP contribution in [0, 0.1) is 0 Å². The summed E-state index contributed by atoms with van der Waals surface area (Å²) in [7, 11) is 1.59. The van der Waals surface area contributed by atoms with E-state index >= 15 is 0 Å². The summed E-state index contributed by atoms with van der Waals surface area (Å²) in [6.07, 6.45) is 0. The second-order valence-corrected chi connectivity index (χ2v) is 5.60. The first-order chi connectivity index (χ1) is 6.54. The van der Waals surface area contributed by atoms with Crippen molar-refractivity contribution in [2.75, 3.05) is 7.11 Å². The summed E-state index contributed by atoms with van der Waals surface area (Å²) in [5.74, 6) is 0.681. The van der Waals surface area contributed by atoms with Crippen LogP contribution in [-0.2, 0) is 6.61 Å². The van der Waals surface area contributed by atoms with Gasteiger partial charge in [-0.25, -0.2) is 0 Å². The average Bonchev–Trinajstić information content (AvgIpc) is 2.17. The molecule has 0 amide bonds. The lowest BCUT2D eigenvalue weighted by Gasteiger charge is -2.13. The Morgan fingerprint density at radius 3 is 1.71 bits per heavy atom. The van der Waals surface area contributed by atoms with E-state index in [-0.39, 0.29) is 6.61 Å². The molecule has 0 aliphatic rings.